The first-order chi connectivity index (χ1) is 8.60. The largest absolute Gasteiger partial charge is 0.492 e. The number of hydrogen-bond donors (Lipinski definition) is 1. The number of rotatable bonds is 4. The minimum atomic E-state index is -0.632. The Labute approximate surface area is 110 Å². The standard InChI is InChI=1S/C9H9BrN6O2/c1-11-7-4-6(2-3-12-7)5-15-8(10)13-9(14-15)16(17)18/h2-4H,5H2,1H3,(H,11,12). The van der Waals surface area contributed by atoms with E-state index in [2.05, 4.69) is 36.3 Å². The zero-order valence-electron chi connectivity index (χ0n) is 9.37. The Kier molecular flexibility index (Phi) is 3.51. The summed E-state index contributed by atoms with van der Waals surface area (Å²) in [7, 11) is 1.77. The van der Waals surface area contributed by atoms with Crippen LogP contribution in [0.4, 0.5) is 11.8 Å². The Morgan fingerprint density at radius 1 is 1.61 bits per heavy atom. The van der Waals surface area contributed by atoms with Crippen LogP contribution in [0.15, 0.2) is 23.1 Å². The van der Waals surface area contributed by atoms with E-state index in [0.717, 1.165) is 11.4 Å². The Hall–Kier alpha value is -2.03. The second-order valence-corrected chi connectivity index (χ2v) is 4.10. The van der Waals surface area contributed by atoms with Gasteiger partial charge in [0.05, 0.1) is 6.54 Å². The van der Waals surface area contributed by atoms with Gasteiger partial charge >= 0.3 is 5.95 Å². The first kappa shape index (κ1) is 12.4. The summed E-state index contributed by atoms with van der Waals surface area (Å²) in [5, 5.41) is 17.2. The molecule has 0 bridgehead atoms. The van der Waals surface area contributed by atoms with Crippen molar-refractivity contribution in [2.24, 2.45) is 0 Å². The third-order valence-electron chi connectivity index (χ3n) is 2.19. The maximum Gasteiger partial charge on any atom is 0.492 e. The third kappa shape index (κ3) is 2.62. The molecular weight excluding hydrogens is 304 g/mol. The van der Waals surface area contributed by atoms with Crippen LogP contribution in [0.25, 0.3) is 0 Å². The quantitative estimate of drug-likeness (QED) is 0.677. The zero-order valence-corrected chi connectivity index (χ0v) is 11.0. The molecule has 0 aliphatic rings. The fraction of sp³-hybridized carbons (Fsp3) is 0.222. The zero-order chi connectivity index (χ0) is 13.1. The summed E-state index contributed by atoms with van der Waals surface area (Å²) in [5.74, 6) is 0.294. The van der Waals surface area contributed by atoms with Crippen molar-refractivity contribution < 1.29 is 4.92 Å². The molecule has 94 valence electrons. The normalized spacial score (nSPS) is 10.3. The first-order valence-electron chi connectivity index (χ1n) is 4.97. The maximum absolute atomic E-state index is 10.5. The van der Waals surface area contributed by atoms with E-state index in [-0.39, 0.29) is 0 Å². The summed E-state index contributed by atoms with van der Waals surface area (Å²) in [6.45, 7) is 0.374. The highest BCUT2D eigenvalue weighted by atomic mass is 79.9. The molecule has 0 saturated heterocycles. The second-order valence-electron chi connectivity index (χ2n) is 3.39. The fourth-order valence-corrected chi connectivity index (χ4v) is 1.74. The van der Waals surface area contributed by atoms with Gasteiger partial charge in [-0.3, -0.25) is 0 Å². The first-order valence-corrected chi connectivity index (χ1v) is 5.77. The molecule has 0 unspecified atom stereocenters. The lowest BCUT2D eigenvalue weighted by atomic mass is 10.2. The van der Waals surface area contributed by atoms with Gasteiger partial charge in [-0.15, -0.1) is 0 Å². The molecule has 2 aromatic rings. The smallest absolute Gasteiger partial charge is 0.390 e. The van der Waals surface area contributed by atoms with Crippen LogP contribution >= 0.6 is 15.9 Å². The molecule has 0 aliphatic carbocycles. The highest BCUT2D eigenvalue weighted by Crippen LogP contribution is 2.15. The molecule has 0 amide bonds. The van der Waals surface area contributed by atoms with Crippen LogP contribution in [0.5, 0.6) is 0 Å². The number of pyridine rings is 1. The summed E-state index contributed by atoms with van der Waals surface area (Å²) >= 11 is 3.13. The lowest BCUT2D eigenvalue weighted by Gasteiger charge is -2.02. The Balaban J connectivity index is 2.25. The molecular formula is C9H9BrN6O2. The van der Waals surface area contributed by atoms with E-state index < -0.39 is 10.9 Å². The second kappa shape index (κ2) is 5.08. The molecule has 0 aliphatic heterocycles. The van der Waals surface area contributed by atoms with Gasteiger partial charge in [-0.2, -0.15) is 4.68 Å². The monoisotopic (exact) mass is 312 g/mol. The van der Waals surface area contributed by atoms with Crippen molar-refractivity contribution in [2.45, 2.75) is 6.54 Å². The lowest BCUT2D eigenvalue weighted by molar-refractivity contribution is -0.394. The van der Waals surface area contributed by atoms with Crippen molar-refractivity contribution >= 4 is 27.7 Å². The van der Waals surface area contributed by atoms with Gasteiger partial charge in [0.1, 0.15) is 5.82 Å². The van der Waals surface area contributed by atoms with Crippen LogP contribution in [0.2, 0.25) is 0 Å². The molecule has 2 aromatic heterocycles. The van der Waals surface area contributed by atoms with Crippen LogP contribution in [0.1, 0.15) is 5.56 Å². The van der Waals surface area contributed by atoms with E-state index in [4.69, 9.17) is 0 Å². The van der Waals surface area contributed by atoms with Gasteiger partial charge in [-0.1, -0.05) is 0 Å². The van der Waals surface area contributed by atoms with Crippen molar-refractivity contribution in [1.29, 1.82) is 0 Å². The molecule has 0 spiro atoms. The number of halogens is 1. The molecule has 8 nitrogen and oxygen atoms in total. The molecule has 0 aromatic carbocycles. The van der Waals surface area contributed by atoms with Crippen LogP contribution in [-0.4, -0.2) is 31.7 Å². The number of anilines is 1. The number of hydrogen-bond acceptors (Lipinski definition) is 6. The Morgan fingerprint density at radius 2 is 2.39 bits per heavy atom. The van der Waals surface area contributed by atoms with E-state index in [1.165, 1.54) is 4.68 Å². The third-order valence-corrected chi connectivity index (χ3v) is 2.78. The molecule has 1 N–H and O–H groups in total. The average molecular weight is 313 g/mol. The van der Waals surface area contributed by atoms with Crippen molar-refractivity contribution in [3.8, 4) is 0 Å². The van der Waals surface area contributed by atoms with E-state index in [1.54, 1.807) is 19.3 Å². The van der Waals surface area contributed by atoms with Crippen LogP contribution < -0.4 is 5.32 Å². The van der Waals surface area contributed by atoms with Gasteiger partial charge in [0.15, 0.2) is 0 Å². The van der Waals surface area contributed by atoms with Crippen molar-refractivity contribution in [3.05, 3.63) is 38.7 Å². The minimum Gasteiger partial charge on any atom is -0.390 e. The van der Waals surface area contributed by atoms with Crippen LogP contribution in [0, 0.1) is 10.1 Å². The van der Waals surface area contributed by atoms with Gasteiger partial charge in [0.2, 0.25) is 0 Å². The van der Waals surface area contributed by atoms with Gasteiger partial charge in [-0.25, -0.2) is 4.98 Å². The predicted molar refractivity (Wildman–Crippen MR) is 67.3 cm³/mol. The maximum atomic E-state index is 10.5. The van der Waals surface area contributed by atoms with E-state index >= 15 is 0 Å². The lowest BCUT2D eigenvalue weighted by Crippen LogP contribution is -2.04. The summed E-state index contributed by atoms with van der Waals surface area (Å²) in [6, 6.07) is 3.64. The number of nitro groups is 1. The number of nitrogens with one attached hydrogen (secondary N) is 1. The summed E-state index contributed by atoms with van der Waals surface area (Å²) in [4.78, 5) is 17.7. The molecule has 2 heterocycles. The molecule has 9 heteroatoms. The predicted octanol–water partition coefficient (Wildman–Crippen LogP) is 1.43. The van der Waals surface area contributed by atoms with Crippen molar-refractivity contribution in [2.75, 3.05) is 12.4 Å². The highest BCUT2D eigenvalue weighted by Gasteiger charge is 2.19. The van der Waals surface area contributed by atoms with E-state index in [9.17, 15) is 10.1 Å². The van der Waals surface area contributed by atoms with Crippen LogP contribution in [0.3, 0.4) is 0 Å². The fourth-order valence-electron chi connectivity index (χ4n) is 1.37. The van der Waals surface area contributed by atoms with E-state index in [0.29, 0.717) is 11.3 Å². The average Bonchev–Trinajstić information content (AvgIpc) is 2.71. The molecule has 0 atom stereocenters. The van der Waals surface area contributed by atoms with Gasteiger partial charge in [0, 0.05) is 34.3 Å². The number of nitrogens with zero attached hydrogens (tertiary/aromatic N) is 5. The summed E-state index contributed by atoms with van der Waals surface area (Å²) < 4.78 is 1.73. The summed E-state index contributed by atoms with van der Waals surface area (Å²) in [6.07, 6.45) is 1.65. The molecule has 0 fully saturated rings. The van der Waals surface area contributed by atoms with Gasteiger partial charge in [0.25, 0.3) is 4.73 Å². The van der Waals surface area contributed by atoms with Gasteiger partial charge in [-0.05, 0) is 27.6 Å². The Morgan fingerprint density at radius 3 is 3.00 bits per heavy atom. The SMILES string of the molecule is CNc1cc(Cn2nc([N+](=O)[O-])nc2Br)ccn1. The van der Waals surface area contributed by atoms with Crippen molar-refractivity contribution in [3.63, 3.8) is 0 Å². The van der Waals surface area contributed by atoms with Crippen molar-refractivity contribution in [1.82, 2.24) is 19.7 Å². The molecule has 18 heavy (non-hydrogen) atoms. The van der Waals surface area contributed by atoms with E-state index in [1.807, 2.05) is 6.07 Å². The Bertz CT molecular complexity index is 584. The van der Waals surface area contributed by atoms with Crippen LogP contribution in [-0.2, 0) is 6.54 Å². The molecule has 2 rings (SSSR count). The highest BCUT2D eigenvalue weighted by molar-refractivity contribution is 9.10. The van der Waals surface area contributed by atoms with Gasteiger partial charge < -0.3 is 15.4 Å². The molecule has 0 saturated carbocycles. The minimum absolute atomic E-state index is 0.317. The number of aromatic nitrogens is 4. The summed E-state index contributed by atoms with van der Waals surface area (Å²) in [5.41, 5.74) is 0.912. The topological polar surface area (TPSA) is 98.8 Å². The molecule has 0 radical (unpaired) electrons.